The molecule has 0 bridgehead atoms. The van der Waals surface area contributed by atoms with Crippen LogP contribution in [0.3, 0.4) is 0 Å². The van der Waals surface area contributed by atoms with Crippen molar-refractivity contribution in [1.29, 1.82) is 0 Å². The summed E-state index contributed by atoms with van der Waals surface area (Å²) in [4.78, 5) is 26.5. The maximum absolute atomic E-state index is 14.2. The number of carbonyl (C=O) groups excluding carboxylic acids is 1. The molecule has 0 unspecified atom stereocenters. The molecule has 0 heterocycles. The fourth-order valence-electron chi connectivity index (χ4n) is 4.53. The van der Waals surface area contributed by atoms with Crippen molar-refractivity contribution in [2.24, 2.45) is 0 Å². The summed E-state index contributed by atoms with van der Waals surface area (Å²) in [6, 6.07) is 30.0. The van der Waals surface area contributed by atoms with Gasteiger partial charge in [0.25, 0.3) is 0 Å². The molecule has 188 valence electrons. The van der Waals surface area contributed by atoms with Crippen molar-refractivity contribution < 1.29 is 27.9 Å². The summed E-state index contributed by atoms with van der Waals surface area (Å²) in [6.45, 7) is 0. The summed E-state index contributed by atoms with van der Waals surface area (Å²) in [5, 5.41) is 12.6. The summed E-state index contributed by atoms with van der Waals surface area (Å²) < 4.78 is 39.6. The number of hydrogen-bond donors (Lipinski definition) is 2. The average molecular weight is 504 g/mol. The first-order chi connectivity index (χ1) is 17.7. The minimum Gasteiger partial charge on any atom is -0.480 e. The number of carboxylic acid groups (broad SMARTS) is 1. The molecule has 4 nitrogen and oxygen atoms in total. The van der Waals surface area contributed by atoms with E-state index in [4.69, 9.17) is 0 Å². The summed E-state index contributed by atoms with van der Waals surface area (Å²) in [6.07, 6.45) is -4.89. The fraction of sp³-hybridized carbons (Fsp3) is 0.133. The lowest BCUT2D eigenvalue weighted by atomic mass is 9.68. The van der Waals surface area contributed by atoms with Crippen LogP contribution in [0.5, 0.6) is 0 Å². The van der Waals surface area contributed by atoms with Crippen LogP contribution in [0.1, 0.15) is 27.8 Å². The van der Waals surface area contributed by atoms with Crippen LogP contribution in [-0.4, -0.2) is 23.0 Å². The number of hydrogen-bond acceptors (Lipinski definition) is 2. The van der Waals surface area contributed by atoms with E-state index in [2.05, 4.69) is 5.32 Å². The van der Waals surface area contributed by atoms with E-state index in [1.54, 1.807) is 72.8 Å². The molecule has 4 rings (SSSR count). The average Bonchev–Trinajstić information content (AvgIpc) is 2.90. The Morgan fingerprint density at radius 2 is 1.11 bits per heavy atom. The monoisotopic (exact) mass is 503 g/mol. The van der Waals surface area contributed by atoms with Crippen LogP contribution in [0.2, 0.25) is 0 Å². The molecule has 1 amide bonds. The van der Waals surface area contributed by atoms with Gasteiger partial charge >= 0.3 is 12.1 Å². The number of carbonyl (C=O) groups is 2. The minimum atomic E-state index is -4.57. The summed E-state index contributed by atoms with van der Waals surface area (Å²) in [5.74, 6) is -1.95. The number of rotatable bonds is 8. The Hall–Kier alpha value is -4.39. The Bertz CT molecular complexity index is 1260. The van der Waals surface area contributed by atoms with Crippen molar-refractivity contribution in [2.75, 3.05) is 0 Å². The van der Waals surface area contributed by atoms with Crippen LogP contribution in [-0.2, 0) is 27.6 Å². The van der Waals surface area contributed by atoms with Gasteiger partial charge in [0, 0.05) is 6.42 Å². The highest BCUT2D eigenvalue weighted by atomic mass is 19.4. The van der Waals surface area contributed by atoms with Crippen LogP contribution in [0.4, 0.5) is 13.2 Å². The number of halogens is 3. The maximum Gasteiger partial charge on any atom is 0.416 e. The first-order valence-electron chi connectivity index (χ1n) is 11.6. The van der Waals surface area contributed by atoms with Crippen LogP contribution < -0.4 is 5.32 Å². The molecule has 7 heteroatoms. The van der Waals surface area contributed by atoms with Gasteiger partial charge in [0.15, 0.2) is 0 Å². The van der Waals surface area contributed by atoms with E-state index in [-0.39, 0.29) is 12.0 Å². The number of carboxylic acids is 1. The molecule has 37 heavy (non-hydrogen) atoms. The number of amides is 1. The van der Waals surface area contributed by atoms with Gasteiger partial charge in [0.05, 0.1) is 5.56 Å². The van der Waals surface area contributed by atoms with Crippen molar-refractivity contribution in [3.8, 4) is 0 Å². The van der Waals surface area contributed by atoms with E-state index < -0.39 is 35.1 Å². The van der Waals surface area contributed by atoms with Crippen molar-refractivity contribution >= 4 is 11.9 Å². The van der Waals surface area contributed by atoms with Gasteiger partial charge in [-0.1, -0.05) is 109 Å². The third-order valence-corrected chi connectivity index (χ3v) is 6.26. The van der Waals surface area contributed by atoms with E-state index in [0.29, 0.717) is 16.7 Å². The molecule has 2 N–H and O–H groups in total. The second kappa shape index (κ2) is 10.7. The standard InChI is InChI=1S/C30H24F3NO3/c31-30(32,33)25-18-10-11-21(19-25)20-26(27(35)36)34-28(37)29(22-12-4-1-5-13-22,23-14-6-2-7-15-23)24-16-8-3-9-17-24/h1-19,26H,20H2,(H,34,37)(H,35,36)/t26-/m1/s1. The van der Waals surface area contributed by atoms with Crippen molar-refractivity contribution in [3.05, 3.63) is 143 Å². The minimum absolute atomic E-state index is 0.146. The molecule has 1 atom stereocenters. The molecule has 0 aliphatic heterocycles. The van der Waals surface area contributed by atoms with Crippen LogP contribution >= 0.6 is 0 Å². The molecular weight excluding hydrogens is 479 g/mol. The Morgan fingerprint density at radius 3 is 1.51 bits per heavy atom. The second-order valence-electron chi connectivity index (χ2n) is 8.61. The predicted octanol–water partition coefficient (Wildman–Crippen LogP) is 5.85. The smallest absolute Gasteiger partial charge is 0.416 e. The largest absolute Gasteiger partial charge is 0.480 e. The van der Waals surface area contributed by atoms with Gasteiger partial charge in [-0.3, -0.25) is 4.79 Å². The first kappa shape index (κ1) is 25.7. The van der Waals surface area contributed by atoms with Gasteiger partial charge in [-0.15, -0.1) is 0 Å². The van der Waals surface area contributed by atoms with E-state index in [1.165, 1.54) is 12.1 Å². The molecule has 0 spiro atoms. The molecular formula is C30H24F3NO3. The van der Waals surface area contributed by atoms with Crippen molar-refractivity contribution in [2.45, 2.75) is 24.1 Å². The summed E-state index contributed by atoms with van der Waals surface area (Å²) >= 11 is 0. The van der Waals surface area contributed by atoms with E-state index in [9.17, 15) is 27.9 Å². The van der Waals surface area contributed by atoms with Crippen LogP contribution in [0.15, 0.2) is 115 Å². The zero-order valence-electron chi connectivity index (χ0n) is 19.7. The highest BCUT2D eigenvalue weighted by Gasteiger charge is 2.45. The number of nitrogens with one attached hydrogen (secondary N) is 1. The molecule has 0 saturated heterocycles. The van der Waals surface area contributed by atoms with E-state index in [0.717, 1.165) is 12.1 Å². The van der Waals surface area contributed by atoms with E-state index in [1.807, 2.05) is 18.2 Å². The molecule has 0 aliphatic carbocycles. The number of alkyl halides is 3. The van der Waals surface area contributed by atoms with Crippen LogP contribution in [0.25, 0.3) is 0 Å². The lowest BCUT2D eigenvalue weighted by Crippen LogP contribution is -2.52. The van der Waals surface area contributed by atoms with Crippen LogP contribution in [0, 0.1) is 0 Å². The topological polar surface area (TPSA) is 66.4 Å². The molecule has 4 aromatic rings. The number of aliphatic carboxylic acids is 1. The zero-order chi connectivity index (χ0) is 26.5. The highest BCUT2D eigenvalue weighted by molar-refractivity contribution is 5.98. The summed E-state index contributed by atoms with van der Waals surface area (Å²) in [5.41, 5.74) is -0.292. The zero-order valence-corrected chi connectivity index (χ0v) is 19.7. The fourth-order valence-corrected chi connectivity index (χ4v) is 4.53. The quantitative estimate of drug-likeness (QED) is 0.297. The van der Waals surface area contributed by atoms with Gasteiger partial charge in [-0.2, -0.15) is 13.2 Å². The molecule has 0 aromatic heterocycles. The Morgan fingerprint density at radius 1 is 0.676 bits per heavy atom. The maximum atomic E-state index is 14.2. The molecule has 0 fully saturated rings. The lowest BCUT2D eigenvalue weighted by Gasteiger charge is -2.35. The normalized spacial score (nSPS) is 12.5. The summed E-state index contributed by atoms with van der Waals surface area (Å²) in [7, 11) is 0. The number of benzene rings is 4. The third-order valence-electron chi connectivity index (χ3n) is 6.26. The van der Waals surface area contributed by atoms with Crippen molar-refractivity contribution in [3.63, 3.8) is 0 Å². The van der Waals surface area contributed by atoms with Gasteiger partial charge in [0.2, 0.25) is 5.91 Å². The molecule has 4 aromatic carbocycles. The second-order valence-corrected chi connectivity index (χ2v) is 8.61. The predicted molar refractivity (Wildman–Crippen MR) is 134 cm³/mol. The Balaban J connectivity index is 1.80. The van der Waals surface area contributed by atoms with E-state index >= 15 is 0 Å². The lowest BCUT2D eigenvalue weighted by molar-refractivity contribution is -0.142. The van der Waals surface area contributed by atoms with Gasteiger partial charge in [-0.25, -0.2) is 4.79 Å². The van der Waals surface area contributed by atoms with Crippen molar-refractivity contribution in [1.82, 2.24) is 5.32 Å². The Kier molecular flexibility index (Phi) is 7.43. The third kappa shape index (κ3) is 5.40. The first-order valence-corrected chi connectivity index (χ1v) is 11.6. The molecule has 0 saturated carbocycles. The van der Waals surface area contributed by atoms with Gasteiger partial charge < -0.3 is 10.4 Å². The molecule has 0 aliphatic rings. The molecule has 0 radical (unpaired) electrons. The highest BCUT2D eigenvalue weighted by Crippen LogP contribution is 2.39. The van der Waals surface area contributed by atoms with Gasteiger partial charge in [-0.05, 0) is 28.3 Å². The Labute approximate surface area is 212 Å². The SMILES string of the molecule is O=C(O)[C@@H](Cc1cccc(C(F)(F)F)c1)NC(=O)C(c1ccccc1)(c1ccccc1)c1ccccc1. The van der Waals surface area contributed by atoms with Gasteiger partial charge in [0.1, 0.15) is 11.5 Å².